The van der Waals surface area contributed by atoms with Gasteiger partial charge in [-0.3, -0.25) is 0 Å². The number of halogens is 1. The summed E-state index contributed by atoms with van der Waals surface area (Å²) in [6.45, 7) is 9.22. The van der Waals surface area contributed by atoms with Crippen LogP contribution in [0.15, 0.2) is 29.3 Å². The van der Waals surface area contributed by atoms with Gasteiger partial charge in [-0.15, -0.1) is 0 Å². The SMILES string of the molecule is CC1(C)COC(C(C)(C)c2ccccc2I)=N1. The van der Waals surface area contributed by atoms with Gasteiger partial charge in [0.1, 0.15) is 6.61 Å². The molecule has 0 aromatic heterocycles. The lowest BCUT2D eigenvalue weighted by molar-refractivity contribution is 0.263. The van der Waals surface area contributed by atoms with Gasteiger partial charge in [-0.05, 0) is 61.9 Å². The van der Waals surface area contributed by atoms with E-state index in [-0.39, 0.29) is 11.0 Å². The summed E-state index contributed by atoms with van der Waals surface area (Å²) >= 11 is 2.37. The van der Waals surface area contributed by atoms with Crippen LogP contribution in [0.25, 0.3) is 0 Å². The van der Waals surface area contributed by atoms with Crippen molar-refractivity contribution in [1.29, 1.82) is 0 Å². The highest BCUT2D eigenvalue weighted by atomic mass is 127. The van der Waals surface area contributed by atoms with Crippen LogP contribution in [0, 0.1) is 3.57 Å². The van der Waals surface area contributed by atoms with E-state index < -0.39 is 0 Å². The summed E-state index contributed by atoms with van der Waals surface area (Å²) in [7, 11) is 0. The van der Waals surface area contributed by atoms with Crippen molar-refractivity contribution in [3.8, 4) is 0 Å². The molecule has 17 heavy (non-hydrogen) atoms. The molecule has 3 heteroatoms. The Bertz CT molecular complexity index is 463. The van der Waals surface area contributed by atoms with Gasteiger partial charge in [-0.2, -0.15) is 0 Å². The molecule has 0 N–H and O–H groups in total. The van der Waals surface area contributed by atoms with Crippen LogP contribution in [0.2, 0.25) is 0 Å². The first kappa shape index (κ1) is 12.9. The van der Waals surface area contributed by atoms with Crippen LogP contribution in [0.5, 0.6) is 0 Å². The van der Waals surface area contributed by atoms with Gasteiger partial charge in [0.2, 0.25) is 0 Å². The first-order valence-electron chi connectivity index (χ1n) is 5.81. The summed E-state index contributed by atoms with van der Waals surface area (Å²) in [6, 6.07) is 8.40. The summed E-state index contributed by atoms with van der Waals surface area (Å²) in [5, 5.41) is 0. The van der Waals surface area contributed by atoms with Gasteiger partial charge in [0.25, 0.3) is 0 Å². The van der Waals surface area contributed by atoms with Gasteiger partial charge >= 0.3 is 0 Å². The monoisotopic (exact) mass is 343 g/mol. The summed E-state index contributed by atoms with van der Waals surface area (Å²) in [6.07, 6.45) is 0. The van der Waals surface area contributed by atoms with Crippen LogP contribution < -0.4 is 0 Å². The minimum atomic E-state index is -0.161. The molecule has 1 aliphatic rings. The Kier molecular flexibility index (Phi) is 3.23. The lowest BCUT2D eigenvalue weighted by atomic mass is 9.84. The Balaban J connectivity index is 2.41. The van der Waals surface area contributed by atoms with E-state index in [1.54, 1.807) is 0 Å². The van der Waals surface area contributed by atoms with Gasteiger partial charge in [-0.1, -0.05) is 18.2 Å². The van der Waals surface area contributed by atoms with Crippen LogP contribution in [0.3, 0.4) is 0 Å². The van der Waals surface area contributed by atoms with Crippen LogP contribution in [-0.2, 0) is 10.2 Å². The number of benzene rings is 1. The molecule has 1 aromatic rings. The average molecular weight is 343 g/mol. The van der Waals surface area contributed by atoms with Gasteiger partial charge in [0.05, 0.1) is 11.0 Å². The molecule has 2 rings (SSSR count). The maximum atomic E-state index is 5.79. The third-order valence-corrected chi connectivity index (χ3v) is 3.99. The minimum absolute atomic E-state index is 0.0905. The maximum absolute atomic E-state index is 5.79. The molecule has 1 heterocycles. The largest absolute Gasteiger partial charge is 0.478 e. The predicted octanol–water partition coefficient (Wildman–Crippen LogP) is 3.78. The number of aliphatic imine (C=N–C) groups is 1. The number of rotatable bonds is 2. The topological polar surface area (TPSA) is 21.6 Å². The second-order valence-electron chi connectivity index (χ2n) is 5.62. The molecule has 0 atom stereocenters. The third-order valence-electron chi connectivity index (χ3n) is 3.05. The van der Waals surface area contributed by atoms with Crippen molar-refractivity contribution in [3.05, 3.63) is 33.4 Å². The van der Waals surface area contributed by atoms with Crippen LogP contribution in [0.1, 0.15) is 33.3 Å². The van der Waals surface area contributed by atoms with Crippen molar-refractivity contribution in [2.75, 3.05) is 6.61 Å². The molecule has 1 aromatic carbocycles. The Morgan fingerprint density at radius 2 is 1.94 bits per heavy atom. The van der Waals surface area contributed by atoms with Crippen molar-refractivity contribution >= 4 is 28.5 Å². The number of nitrogens with zero attached hydrogens (tertiary/aromatic N) is 1. The average Bonchev–Trinajstić information content (AvgIpc) is 2.60. The summed E-state index contributed by atoms with van der Waals surface area (Å²) in [5.74, 6) is 0.853. The molecule has 0 saturated heterocycles. The van der Waals surface area contributed by atoms with Crippen molar-refractivity contribution in [3.63, 3.8) is 0 Å². The first-order chi connectivity index (χ1) is 7.83. The number of ether oxygens (including phenoxy) is 1. The molecule has 0 fully saturated rings. The Morgan fingerprint density at radius 1 is 1.29 bits per heavy atom. The zero-order valence-electron chi connectivity index (χ0n) is 10.7. The lowest BCUT2D eigenvalue weighted by Gasteiger charge is -2.25. The van der Waals surface area contributed by atoms with Crippen molar-refractivity contribution < 1.29 is 4.74 Å². The van der Waals surface area contributed by atoms with E-state index >= 15 is 0 Å². The van der Waals surface area contributed by atoms with Gasteiger partial charge in [0, 0.05) is 3.57 Å². The first-order valence-corrected chi connectivity index (χ1v) is 6.89. The van der Waals surface area contributed by atoms with Crippen molar-refractivity contribution in [2.45, 2.75) is 38.6 Å². The molecule has 1 aliphatic heterocycles. The van der Waals surface area contributed by atoms with E-state index in [2.05, 4.69) is 74.6 Å². The molecular weight excluding hydrogens is 325 g/mol. The second-order valence-corrected chi connectivity index (χ2v) is 6.79. The second kappa shape index (κ2) is 4.26. The van der Waals surface area contributed by atoms with Crippen LogP contribution >= 0.6 is 22.6 Å². The number of hydrogen-bond donors (Lipinski definition) is 0. The van der Waals surface area contributed by atoms with Gasteiger partial charge in [0.15, 0.2) is 5.90 Å². The minimum Gasteiger partial charge on any atom is -0.478 e. The predicted molar refractivity (Wildman–Crippen MR) is 79.7 cm³/mol. The molecule has 0 aliphatic carbocycles. The maximum Gasteiger partial charge on any atom is 0.194 e. The molecule has 0 saturated carbocycles. The van der Waals surface area contributed by atoms with Crippen LogP contribution in [-0.4, -0.2) is 18.0 Å². The fraction of sp³-hybridized carbons (Fsp3) is 0.500. The van der Waals surface area contributed by atoms with Gasteiger partial charge < -0.3 is 4.74 Å². The normalized spacial score (nSPS) is 18.8. The fourth-order valence-corrected chi connectivity index (χ4v) is 3.05. The fourth-order valence-electron chi connectivity index (χ4n) is 1.99. The molecule has 0 radical (unpaired) electrons. The van der Waals surface area contributed by atoms with E-state index in [4.69, 9.17) is 9.73 Å². The highest BCUT2D eigenvalue weighted by Crippen LogP contribution is 2.33. The van der Waals surface area contributed by atoms with Gasteiger partial charge in [-0.25, -0.2) is 4.99 Å². The Labute approximate surface area is 117 Å². The Hall–Kier alpha value is -0.580. The quantitative estimate of drug-likeness (QED) is 0.749. The molecular formula is C14H18INO. The summed E-state index contributed by atoms with van der Waals surface area (Å²) < 4.78 is 7.04. The highest BCUT2D eigenvalue weighted by molar-refractivity contribution is 14.1. The van der Waals surface area contributed by atoms with E-state index in [1.807, 2.05) is 0 Å². The molecule has 0 spiro atoms. The standard InChI is InChI=1S/C14H18INO/c1-13(2)9-17-12(16-13)14(3,4)10-7-5-6-8-11(10)15/h5-8H,9H2,1-4H3. The smallest absolute Gasteiger partial charge is 0.194 e. The van der Waals surface area contributed by atoms with Crippen molar-refractivity contribution in [1.82, 2.24) is 0 Å². The molecule has 0 bridgehead atoms. The zero-order chi connectivity index (χ0) is 12.7. The van der Waals surface area contributed by atoms with E-state index in [1.165, 1.54) is 9.13 Å². The van der Waals surface area contributed by atoms with Crippen LogP contribution in [0.4, 0.5) is 0 Å². The lowest BCUT2D eigenvalue weighted by Crippen LogP contribution is -2.30. The molecule has 0 amide bonds. The molecule has 92 valence electrons. The molecule has 2 nitrogen and oxygen atoms in total. The highest BCUT2D eigenvalue weighted by Gasteiger charge is 2.37. The third kappa shape index (κ3) is 2.49. The molecule has 0 unspecified atom stereocenters. The summed E-state index contributed by atoms with van der Waals surface area (Å²) in [5.41, 5.74) is 1.02. The summed E-state index contributed by atoms with van der Waals surface area (Å²) in [4.78, 5) is 4.70. The zero-order valence-corrected chi connectivity index (χ0v) is 12.9. The number of hydrogen-bond acceptors (Lipinski definition) is 2. The van der Waals surface area contributed by atoms with Crippen molar-refractivity contribution in [2.24, 2.45) is 4.99 Å². The van der Waals surface area contributed by atoms with E-state index in [9.17, 15) is 0 Å². The van der Waals surface area contributed by atoms with E-state index in [0.29, 0.717) is 6.61 Å². The Morgan fingerprint density at radius 3 is 2.47 bits per heavy atom. The van der Waals surface area contributed by atoms with E-state index in [0.717, 1.165) is 5.90 Å².